The molecule has 3 rings (SSSR count). The molecule has 1 unspecified atom stereocenters. The highest BCUT2D eigenvalue weighted by Gasteiger charge is 2.25. The van der Waals surface area contributed by atoms with E-state index in [-0.39, 0.29) is 11.7 Å². The fraction of sp³-hybridized carbons (Fsp3) is 0.133. The quantitative estimate of drug-likeness (QED) is 0.751. The first-order chi connectivity index (χ1) is 9.04. The number of hydrogen-bond acceptors (Lipinski definition) is 1. The van der Waals surface area contributed by atoms with Gasteiger partial charge in [-0.3, -0.25) is 0 Å². The van der Waals surface area contributed by atoms with Crippen molar-refractivity contribution in [3.05, 3.63) is 59.5 Å². The first-order valence-electron chi connectivity index (χ1n) is 5.82. The summed E-state index contributed by atoms with van der Waals surface area (Å²) in [5.74, 6) is -0.481. The first-order valence-corrected chi connectivity index (χ1v) is 6.20. The third kappa shape index (κ3) is 2.19. The van der Waals surface area contributed by atoms with Gasteiger partial charge >= 0.3 is 0 Å². The molecule has 0 aliphatic carbocycles. The summed E-state index contributed by atoms with van der Waals surface area (Å²) in [6.07, 6.45) is 0.378. The zero-order chi connectivity index (χ0) is 13.6. The van der Waals surface area contributed by atoms with Crippen LogP contribution in [0.15, 0.2) is 30.3 Å². The van der Waals surface area contributed by atoms with Crippen molar-refractivity contribution in [2.24, 2.45) is 0 Å². The molecule has 0 saturated heterocycles. The minimum absolute atomic E-state index is 0.146. The fourth-order valence-electron chi connectivity index (χ4n) is 2.30. The molecule has 1 aliphatic heterocycles. The Hall–Kier alpha value is -1.61. The summed E-state index contributed by atoms with van der Waals surface area (Å²) in [5, 5.41) is 0.468. The van der Waals surface area contributed by atoms with Crippen LogP contribution < -0.4 is 4.74 Å². The summed E-state index contributed by atoms with van der Waals surface area (Å²) in [4.78, 5) is 0. The molecule has 0 saturated carbocycles. The number of benzene rings is 2. The van der Waals surface area contributed by atoms with Crippen molar-refractivity contribution in [3.8, 4) is 16.9 Å². The van der Waals surface area contributed by atoms with Crippen molar-refractivity contribution in [1.82, 2.24) is 0 Å². The van der Waals surface area contributed by atoms with E-state index in [9.17, 15) is 8.78 Å². The number of fused-ring (bicyclic) bond motifs is 1. The molecule has 1 atom stereocenters. The zero-order valence-electron chi connectivity index (χ0n) is 9.92. The van der Waals surface area contributed by atoms with Crippen LogP contribution in [-0.2, 0) is 6.42 Å². The molecule has 0 amide bonds. The maximum atomic E-state index is 13.9. The van der Waals surface area contributed by atoms with Crippen molar-refractivity contribution in [2.45, 2.75) is 12.5 Å². The first kappa shape index (κ1) is 12.4. The molecule has 1 aliphatic rings. The van der Waals surface area contributed by atoms with Gasteiger partial charge in [-0.05, 0) is 42.8 Å². The topological polar surface area (TPSA) is 9.23 Å². The minimum Gasteiger partial charge on any atom is -0.489 e. The van der Waals surface area contributed by atoms with Crippen molar-refractivity contribution in [1.29, 1.82) is 0 Å². The fourth-order valence-corrected chi connectivity index (χ4v) is 2.54. The van der Waals surface area contributed by atoms with Crippen LogP contribution in [0.5, 0.6) is 5.75 Å². The normalized spacial score (nSPS) is 17.2. The van der Waals surface area contributed by atoms with Gasteiger partial charge in [0.15, 0.2) is 0 Å². The number of rotatable bonds is 1. The molecule has 1 radical (unpaired) electrons. The standard InChI is InChI=1S/C15H10ClF2O/c1-8-4-9-5-10(16)6-13(15(9)19-8)12-7-11(17)2-3-14(12)18/h2-3,5-8H,1,4H2. The predicted molar refractivity (Wildman–Crippen MR) is 70.3 cm³/mol. The van der Waals surface area contributed by atoms with Crippen LogP contribution in [0.25, 0.3) is 11.1 Å². The zero-order valence-corrected chi connectivity index (χ0v) is 10.7. The number of ether oxygens (including phenoxy) is 1. The van der Waals surface area contributed by atoms with Gasteiger partial charge in [0.25, 0.3) is 0 Å². The Morgan fingerprint density at radius 3 is 2.74 bits per heavy atom. The number of halogens is 3. The van der Waals surface area contributed by atoms with E-state index in [1.807, 2.05) is 0 Å². The predicted octanol–water partition coefficient (Wildman–Crippen LogP) is 4.42. The SMILES string of the molecule is [CH2]C1Cc2cc(Cl)cc(-c3cc(F)ccc3F)c2O1. The van der Waals surface area contributed by atoms with Crippen molar-refractivity contribution in [2.75, 3.05) is 0 Å². The Labute approximate surface area is 114 Å². The molecule has 2 aromatic rings. The van der Waals surface area contributed by atoms with Crippen LogP contribution >= 0.6 is 11.6 Å². The second-order valence-corrected chi connectivity index (χ2v) is 4.95. The van der Waals surface area contributed by atoms with Gasteiger partial charge in [-0.15, -0.1) is 0 Å². The van der Waals surface area contributed by atoms with Crippen molar-refractivity contribution >= 4 is 11.6 Å². The largest absolute Gasteiger partial charge is 0.489 e. The second-order valence-electron chi connectivity index (χ2n) is 4.51. The highest BCUT2D eigenvalue weighted by molar-refractivity contribution is 6.31. The van der Waals surface area contributed by atoms with Gasteiger partial charge in [-0.2, -0.15) is 0 Å². The molecular weight excluding hydrogens is 270 g/mol. The molecule has 0 aromatic heterocycles. The highest BCUT2D eigenvalue weighted by Crippen LogP contribution is 2.41. The third-order valence-electron chi connectivity index (χ3n) is 3.08. The van der Waals surface area contributed by atoms with Crippen molar-refractivity contribution in [3.63, 3.8) is 0 Å². The summed E-state index contributed by atoms with van der Waals surface area (Å²) in [7, 11) is 0. The van der Waals surface area contributed by atoms with Gasteiger partial charge in [0.1, 0.15) is 23.5 Å². The van der Waals surface area contributed by atoms with E-state index in [2.05, 4.69) is 6.92 Å². The Bertz CT molecular complexity index is 655. The molecule has 0 N–H and O–H groups in total. The molecule has 1 nitrogen and oxygen atoms in total. The van der Waals surface area contributed by atoms with Crippen LogP contribution in [0.1, 0.15) is 5.56 Å². The van der Waals surface area contributed by atoms with Gasteiger partial charge in [-0.25, -0.2) is 8.78 Å². The van der Waals surface area contributed by atoms with E-state index in [4.69, 9.17) is 16.3 Å². The summed E-state index contributed by atoms with van der Waals surface area (Å²) < 4.78 is 32.8. The van der Waals surface area contributed by atoms with Crippen molar-refractivity contribution < 1.29 is 13.5 Å². The van der Waals surface area contributed by atoms with Gasteiger partial charge < -0.3 is 4.74 Å². The van der Waals surface area contributed by atoms with Crippen LogP contribution in [-0.4, -0.2) is 6.10 Å². The lowest BCUT2D eigenvalue weighted by Crippen LogP contribution is -2.06. The molecule has 1 heterocycles. The van der Waals surface area contributed by atoms with Crippen LogP contribution in [0.4, 0.5) is 8.78 Å². The second kappa shape index (κ2) is 4.49. The summed E-state index contributed by atoms with van der Waals surface area (Å²) in [5.41, 5.74) is 1.48. The highest BCUT2D eigenvalue weighted by atomic mass is 35.5. The van der Waals surface area contributed by atoms with Gasteiger partial charge in [-0.1, -0.05) is 11.6 Å². The van der Waals surface area contributed by atoms with Crippen LogP contribution in [0, 0.1) is 18.6 Å². The maximum Gasteiger partial charge on any atom is 0.131 e. The van der Waals surface area contributed by atoms with Gasteiger partial charge in [0.05, 0.1) is 0 Å². The number of hydrogen-bond donors (Lipinski definition) is 0. The Balaban J connectivity index is 2.23. The molecular formula is C15H10ClF2O. The van der Waals surface area contributed by atoms with E-state index in [1.165, 1.54) is 0 Å². The van der Waals surface area contributed by atoms with E-state index in [0.29, 0.717) is 22.8 Å². The average Bonchev–Trinajstić information content (AvgIpc) is 2.71. The lowest BCUT2D eigenvalue weighted by molar-refractivity contribution is 0.282. The monoisotopic (exact) mass is 279 g/mol. The average molecular weight is 280 g/mol. The maximum absolute atomic E-state index is 13.9. The lowest BCUT2D eigenvalue weighted by Gasteiger charge is -2.11. The van der Waals surface area contributed by atoms with E-state index in [0.717, 1.165) is 23.8 Å². The van der Waals surface area contributed by atoms with E-state index >= 15 is 0 Å². The lowest BCUT2D eigenvalue weighted by atomic mass is 10.00. The summed E-state index contributed by atoms with van der Waals surface area (Å²) >= 11 is 6.03. The molecule has 0 spiro atoms. The summed E-state index contributed by atoms with van der Waals surface area (Å²) in [6.45, 7) is 3.82. The third-order valence-corrected chi connectivity index (χ3v) is 3.30. The molecule has 2 aromatic carbocycles. The Kier molecular flexibility index (Phi) is 2.94. The smallest absolute Gasteiger partial charge is 0.131 e. The van der Waals surface area contributed by atoms with Crippen LogP contribution in [0.2, 0.25) is 5.02 Å². The molecule has 4 heteroatoms. The Morgan fingerprint density at radius 1 is 1.16 bits per heavy atom. The molecule has 0 fully saturated rings. The summed E-state index contributed by atoms with van der Waals surface area (Å²) in [6, 6.07) is 6.66. The molecule has 97 valence electrons. The molecule has 0 bridgehead atoms. The van der Waals surface area contributed by atoms with E-state index < -0.39 is 11.6 Å². The van der Waals surface area contributed by atoms with Crippen LogP contribution in [0.3, 0.4) is 0 Å². The molecule has 19 heavy (non-hydrogen) atoms. The van der Waals surface area contributed by atoms with Gasteiger partial charge in [0.2, 0.25) is 0 Å². The minimum atomic E-state index is -0.512. The van der Waals surface area contributed by atoms with Gasteiger partial charge in [0, 0.05) is 22.6 Å². The Morgan fingerprint density at radius 2 is 1.95 bits per heavy atom. The van der Waals surface area contributed by atoms with E-state index in [1.54, 1.807) is 12.1 Å².